The van der Waals surface area contributed by atoms with Gasteiger partial charge in [-0.05, 0) is 40.7 Å². The predicted molar refractivity (Wildman–Crippen MR) is 96.7 cm³/mol. The average Bonchev–Trinajstić information content (AvgIpc) is 2.55. The lowest BCUT2D eigenvalue weighted by Gasteiger charge is -2.24. The van der Waals surface area contributed by atoms with Crippen LogP contribution in [0.15, 0.2) is 73.3 Å². The lowest BCUT2D eigenvalue weighted by molar-refractivity contribution is 0.641. The molecule has 0 N–H and O–H groups in total. The van der Waals surface area contributed by atoms with Gasteiger partial charge in [0.1, 0.15) is 0 Å². The van der Waals surface area contributed by atoms with Crippen LogP contribution in [0, 0.1) is 12.8 Å². The first kappa shape index (κ1) is 14.6. The lowest BCUT2D eigenvalue weighted by Crippen LogP contribution is -2.10. The lowest BCUT2D eigenvalue weighted by atomic mass is 9.80. The van der Waals surface area contributed by atoms with E-state index in [1.54, 1.807) is 0 Å². The van der Waals surface area contributed by atoms with Crippen molar-refractivity contribution in [1.82, 2.24) is 0 Å². The van der Waals surface area contributed by atoms with Gasteiger partial charge < -0.3 is 0 Å². The zero-order valence-electron chi connectivity index (χ0n) is 13.3. The summed E-state index contributed by atoms with van der Waals surface area (Å²) >= 11 is 0. The minimum atomic E-state index is 0.427. The molecule has 0 radical (unpaired) electrons. The van der Waals surface area contributed by atoms with Crippen molar-refractivity contribution in [3.05, 3.63) is 95.6 Å². The van der Waals surface area contributed by atoms with Gasteiger partial charge in [0.2, 0.25) is 0 Å². The van der Waals surface area contributed by atoms with Gasteiger partial charge in [-0.2, -0.15) is 0 Å². The molecule has 0 heterocycles. The Labute approximate surface area is 133 Å². The summed E-state index contributed by atoms with van der Waals surface area (Å²) in [6.45, 7) is 8.66. The van der Waals surface area contributed by atoms with Gasteiger partial charge in [-0.1, -0.05) is 86.3 Å². The molecular weight excluding hydrogens is 264 g/mol. The predicted octanol–water partition coefficient (Wildman–Crippen LogP) is 6.01. The highest BCUT2D eigenvalue weighted by molar-refractivity contribution is 5.74. The average molecular weight is 286 g/mol. The van der Waals surface area contributed by atoms with Crippen LogP contribution in [0.5, 0.6) is 0 Å². The molecule has 0 nitrogen and oxygen atoms in total. The van der Waals surface area contributed by atoms with E-state index < -0.39 is 0 Å². The summed E-state index contributed by atoms with van der Waals surface area (Å²) in [6.07, 6.45) is 8.99. The fraction of sp³-hybridized carbons (Fsp3) is 0.182. The second kappa shape index (κ2) is 6.19. The molecule has 0 saturated heterocycles. The van der Waals surface area contributed by atoms with Crippen molar-refractivity contribution in [3.63, 3.8) is 0 Å². The van der Waals surface area contributed by atoms with Crippen molar-refractivity contribution in [2.45, 2.75) is 19.8 Å². The third-order valence-corrected chi connectivity index (χ3v) is 4.57. The van der Waals surface area contributed by atoms with Gasteiger partial charge in [-0.15, -0.1) is 0 Å². The van der Waals surface area contributed by atoms with Crippen molar-refractivity contribution in [2.75, 3.05) is 0 Å². The Kier molecular flexibility index (Phi) is 4.11. The zero-order valence-corrected chi connectivity index (χ0v) is 13.3. The number of allylic oxidation sites excluding steroid dienone is 4. The molecule has 0 aliphatic heterocycles. The monoisotopic (exact) mass is 286 g/mol. The second-order valence-corrected chi connectivity index (χ2v) is 6.05. The molecule has 3 rings (SSSR count). The summed E-state index contributed by atoms with van der Waals surface area (Å²) in [7, 11) is 0. The maximum Gasteiger partial charge on any atom is 0.00195 e. The van der Waals surface area contributed by atoms with Crippen LogP contribution in [0.25, 0.3) is 11.6 Å². The Balaban J connectivity index is 1.80. The van der Waals surface area contributed by atoms with E-state index in [0.29, 0.717) is 11.8 Å². The smallest absolute Gasteiger partial charge is 0.00195 e. The standard InChI is InChI=1S/C22H22/c1-16-8-4-6-10-21(16)17(2)12-13-19-14-15-20-9-5-7-11-22(20)18(19)3/h4-15,18-19H,2H2,1,3H3/b13-12-. The maximum absolute atomic E-state index is 4.23. The molecule has 0 aromatic heterocycles. The molecule has 1 aliphatic carbocycles. The summed E-state index contributed by atoms with van der Waals surface area (Å²) < 4.78 is 0. The molecule has 22 heavy (non-hydrogen) atoms. The number of fused-ring (bicyclic) bond motifs is 1. The first-order valence-electron chi connectivity index (χ1n) is 7.87. The van der Waals surface area contributed by atoms with Crippen LogP contribution >= 0.6 is 0 Å². The Morgan fingerprint density at radius 1 is 1.05 bits per heavy atom. The molecule has 0 saturated carbocycles. The highest BCUT2D eigenvalue weighted by Crippen LogP contribution is 2.34. The van der Waals surface area contributed by atoms with Gasteiger partial charge in [0.05, 0.1) is 0 Å². The maximum atomic E-state index is 4.23. The summed E-state index contributed by atoms with van der Waals surface area (Å²) in [5.41, 5.74) is 6.36. The van der Waals surface area contributed by atoms with Crippen LogP contribution in [0.1, 0.15) is 35.1 Å². The van der Waals surface area contributed by atoms with Crippen molar-refractivity contribution in [2.24, 2.45) is 5.92 Å². The number of rotatable bonds is 3. The van der Waals surface area contributed by atoms with Crippen LogP contribution in [-0.2, 0) is 0 Å². The number of benzene rings is 2. The highest BCUT2D eigenvalue weighted by Gasteiger charge is 2.19. The minimum absolute atomic E-state index is 0.427. The summed E-state index contributed by atoms with van der Waals surface area (Å²) in [4.78, 5) is 0. The Hall–Kier alpha value is -2.34. The molecule has 2 aromatic carbocycles. The van der Waals surface area contributed by atoms with E-state index in [1.165, 1.54) is 22.3 Å². The third-order valence-electron chi connectivity index (χ3n) is 4.57. The van der Waals surface area contributed by atoms with Crippen LogP contribution in [-0.4, -0.2) is 0 Å². The Morgan fingerprint density at radius 3 is 2.59 bits per heavy atom. The van der Waals surface area contributed by atoms with E-state index in [-0.39, 0.29) is 0 Å². The fourth-order valence-corrected chi connectivity index (χ4v) is 3.15. The zero-order chi connectivity index (χ0) is 15.5. The van der Waals surface area contributed by atoms with E-state index >= 15 is 0 Å². The number of hydrogen-bond donors (Lipinski definition) is 0. The first-order chi connectivity index (χ1) is 10.7. The quantitative estimate of drug-likeness (QED) is 0.606. The number of aryl methyl sites for hydroxylation is 1. The van der Waals surface area contributed by atoms with Crippen molar-refractivity contribution in [3.8, 4) is 0 Å². The molecular formula is C22H22. The van der Waals surface area contributed by atoms with E-state index in [0.717, 1.165) is 5.57 Å². The molecule has 0 spiro atoms. The van der Waals surface area contributed by atoms with Crippen LogP contribution < -0.4 is 0 Å². The van der Waals surface area contributed by atoms with Gasteiger partial charge in [0.15, 0.2) is 0 Å². The molecule has 2 atom stereocenters. The third kappa shape index (κ3) is 2.82. The van der Waals surface area contributed by atoms with Crippen LogP contribution in [0.4, 0.5) is 0 Å². The van der Waals surface area contributed by atoms with Gasteiger partial charge >= 0.3 is 0 Å². The van der Waals surface area contributed by atoms with E-state index in [1.807, 2.05) is 0 Å². The molecule has 1 aliphatic rings. The van der Waals surface area contributed by atoms with Gasteiger partial charge in [-0.25, -0.2) is 0 Å². The molecule has 110 valence electrons. The first-order valence-corrected chi connectivity index (χ1v) is 7.87. The minimum Gasteiger partial charge on any atom is -0.0912 e. The van der Waals surface area contributed by atoms with Crippen molar-refractivity contribution in [1.29, 1.82) is 0 Å². The molecule has 2 unspecified atom stereocenters. The fourth-order valence-electron chi connectivity index (χ4n) is 3.15. The number of hydrogen-bond acceptors (Lipinski definition) is 0. The van der Waals surface area contributed by atoms with E-state index in [2.05, 4.69) is 93.3 Å². The summed E-state index contributed by atoms with van der Waals surface area (Å²) in [6, 6.07) is 17.1. The largest absolute Gasteiger partial charge is 0.0912 e. The molecule has 0 heteroatoms. The van der Waals surface area contributed by atoms with Crippen molar-refractivity contribution >= 4 is 11.6 Å². The summed E-state index contributed by atoms with van der Waals surface area (Å²) in [5, 5.41) is 0. The molecule has 0 amide bonds. The molecule has 0 bridgehead atoms. The van der Waals surface area contributed by atoms with Gasteiger partial charge in [-0.3, -0.25) is 0 Å². The van der Waals surface area contributed by atoms with Crippen LogP contribution in [0.3, 0.4) is 0 Å². The second-order valence-electron chi connectivity index (χ2n) is 6.05. The van der Waals surface area contributed by atoms with Crippen molar-refractivity contribution < 1.29 is 0 Å². The normalized spacial score (nSPS) is 20.1. The van der Waals surface area contributed by atoms with Crippen LogP contribution in [0.2, 0.25) is 0 Å². The Bertz CT molecular complexity index is 746. The van der Waals surface area contributed by atoms with Gasteiger partial charge in [0, 0.05) is 5.92 Å². The topological polar surface area (TPSA) is 0 Å². The molecule has 2 aromatic rings. The molecule has 0 fully saturated rings. The van der Waals surface area contributed by atoms with Gasteiger partial charge in [0.25, 0.3) is 0 Å². The Morgan fingerprint density at radius 2 is 1.77 bits per heavy atom. The van der Waals surface area contributed by atoms with E-state index in [9.17, 15) is 0 Å². The highest BCUT2D eigenvalue weighted by atomic mass is 14.2. The van der Waals surface area contributed by atoms with E-state index in [4.69, 9.17) is 0 Å². The summed E-state index contributed by atoms with van der Waals surface area (Å²) in [5.74, 6) is 0.929. The SMILES string of the molecule is C=C(/C=C\C1C=Cc2ccccc2C1C)c1ccccc1C.